The zero-order chi connectivity index (χ0) is 16.4. The van der Waals surface area contributed by atoms with E-state index in [1.165, 1.54) is 13.0 Å². The maximum Gasteiger partial charge on any atom is 0.203 e. The number of hydrogen-bond acceptors (Lipinski definition) is 4. The molecule has 0 spiro atoms. The third-order valence-electron chi connectivity index (χ3n) is 3.24. The van der Waals surface area contributed by atoms with Crippen LogP contribution in [0.4, 0.5) is 8.78 Å². The average Bonchev–Trinajstić information content (AvgIpc) is 2.45. The topological polar surface area (TPSA) is 66.8 Å². The molecule has 0 heterocycles. The average molecular weight is 308 g/mol. The molecule has 22 heavy (non-hydrogen) atoms. The highest BCUT2D eigenvalue weighted by Crippen LogP contribution is 2.27. The lowest BCUT2D eigenvalue weighted by Gasteiger charge is -2.09. The molecule has 0 aromatic heterocycles. The third-order valence-corrected chi connectivity index (χ3v) is 3.24. The van der Waals surface area contributed by atoms with Crippen molar-refractivity contribution >= 4 is 5.78 Å². The number of aromatic hydroxyl groups is 2. The van der Waals surface area contributed by atoms with Crippen molar-refractivity contribution in [2.45, 2.75) is 13.8 Å². The monoisotopic (exact) mass is 308 g/mol. The van der Waals surface area contributed by atoms with E-state index < -0.39 is 29.8 Å². The van der Waals surface area contributed by atoms with Crippen LogP contribution >= 0.6 is 0 Å². The van der Waals surface area contributed by atoms with Gasteiger partial charge >= 0.3 is 0 Å². The minimum Gasteiger partial charge on any atom is -0.508 e. The molecule has 4 nitrogen and oxygen atoms in total. The van der Waals surface area contributed by atoms with Crippen LogP contribution in [0.3, 0.4) is 0 Å². The van der Waals surface area contributed by atoms with Crippen molar-refractivity contribution in [2.75, 3.05) is 6.61 Å². The first kappa shape index (κ1) is 15.8. The molecule has 0 saturated heterocycles. The van der Waals surface area contributed by atoms with E-state index in [1.807, 2.05) is 0 Å². The summed E-state index contributed by atoms with van der Waals surface area (Å²) in [6, 6.07) is 4.32. The van der Waals surface area contributed by atoms with Crippen LogP contribution in [0.2, 0.25) is 0 Å². The van der Waals surface area contributed by atoms with Crippen molar-refractivity contribution in [3.8, 4) is 17.2 Å². The summed E-state index contributed by atoms with van der Waals surface area (Å²) in [4.78, 5) is 12.0. The Kier molecular flexibility index (Phi) is 4.30. The SMILES string of the molecule is Cc1cc(C(=O)COc2cc(F)c(C)c(F)c2)c(O)cc1O. The Morgan fingerprint density at radius 2 is 1.64 bits per heavy atom. The van der Waals surface area contributed by atoms with Crippen molar-refractivity contribution in [3.05, 3.63) is 52.6 Å². The van der Waals surface area contributed by atoms with Crippen LogP contribution < -0.4 is 4.74 Å². The number of phenolic OH excluding ortho intramolecular Hbond substituents is 2. The highest BCUT2D eigenvalue weighted by molar-refractivity contribution is 6.00. The van der Waals surface area contributed by atoms with Gasteiger partial charge in [-0.05, 0) is 25.5 Å². The molecule has 0 saturated carbocycles. The van der Waals surface area contributed by atoms with Gasteiger partial charge < -0.3 is 14.9 Å². The molecule has 2 aromatic rings. The highest BCUT2D eigenvalue weighted by atomic mass is 19.1. The van der Waals surface area contributed by atoms with Crippen LogP contribution in [0.15, 0.2) is 24.3 Å². The van der Waals surface area contributed by atoms with Gasteiger partial charge in [0.2, 0.25) is 5.78 Å². The number of halogens is 2. The Hall–Kier alpha value is -2.63. The maximum absolute atomic E-state index is 13.4. The molecule has 0 atom stereocenters. The van der Waals surface area contributed by atoms with Gasteiger partial charge in [0.15, 0.2) is 6.61 Å². The molecular formula is C16H14F2O4. The van der Waals surface area contributed by atoms with Crippen LogP contribution in [0.25, 0.3) is 0 Å². The second-order valence-electron chi connectivity index (χ2n) is 4.88. The highest BCUT2D eigenvalue weighted by Gasteiger charge is 2.15. The van der Waals surface area contributed by atoms with Gasteiger partial charge in [0.1, 0.15) is 28.9 Å². The number of rotatable bonds is 4. The van der Waals surface area contributed by atoms with Crippen LogP contribution in [0.1, 0.15) is 21.5 Å². The fourth-order valence-electron chi connectivity index (χ4n) is 1.84. The van der Waals surface area contributed by atoms with Crippen molar-refractivity contribution in [1.29, 1.82) is 0 Å². The van der Waals surface area contributed by atoms with E-state index in [1.54, 1.807) is 6.92 Å². The smallest absolute Gasteiger partial charge is 0.203 e. The fraction of sp³-hybridized carbons (Fsp3) is 0.188. The molecule has 0 unspecified atom stereocenters. The summed E-state index contributed by atoms with van der Waals surface area (Å²) in [7, 11) is 0. The molecular weight excluding hydrogens is 294 g/mol. The summed E-state index contributed by atoms with van der Waals surface area (Å²) in [6.07, 6.45) is 0. The van der Waals surface area contributed by atoms with Crippen LogP contribution in [0, 0.1) is 25.5 Å². The van der Waals surface area contributed by atoms with E-state index in [-0.39, 0.29) is 22.6 Å². The van der Waals surface area contributed by atoms with Gasteiger partial charge in [-0.1, -0.05) is 0 Å². The van der Waals surface area contributed by atoms with Gasteiger partial charge in [-0.25, -0.2) is 8.78 Å². The molecule has 0 amide bonds. The normalized spacial score (nSPS) is 10.5. The van der Waals surface area contributed by atoms with E-state index >= 15 is 0 Å². The minimum atomic E-state index is -0.772. The summed E-state index contributed by atoms with van der Waals surface area (Å²) in [5, 5.41) is 19.1. The van der Waals surface area contributed by atoms with E-state index in [9.17, 15) is 23.8 Å². The van der Waals surface area contributed by atoms with Gasteiger partial charge in [0.25, 0.3) is 0 Å². The van der Waals surface area contributed by atoms with E-state index in [4.69, 9.17) is 4.74 Å². The Labute approximate surface area is 125 Å². The second-order valence-corrected chi connectivity index (χ2v) is 4.88. The number of ketones is 1. The second kappa shape index (κ2) is 6.01. The molecule has 0 aliphatic rings. The fourth-order valence-corrected chi connectivity index (χ4v) is 1.84. The zero-order valence-electron chi connectivity index (χ0n) is 12.0. The first-order valence-electron chi connectivity index (χ1n) is 6.44. The molecule has 2 aromatic carbocycles. The van der Waals surface area contributed by atoms with Crippen molar-refractivity contribution in [2.24, 2.45) is 0 Å². The van der Waals surface area contributed by atoms with Gasteiger partial charge in [-0.3, -0.25) is 4.79 Å². The largest absolute Gasteiger partial charge is 0.508 e. The molecule has 0 bridgehead atoms. The molecule has 116 valence electrons. The number of carbonyl (C=O) groups is 1. The summed E-state index contributed by atoms with van der Waals surface area (Å²) in [5.41, 5.74) is 0.238. The van der Waals surface area contributed by atoms with Gasteiger partial charge in [0, 0.05) is 23.8 Å². The predicted molar refractivity (Wildman–Crippen MR) is 75.4 cm³/mol. The predicted octanol–water partition coefficient (Wildman–Crippen LogP) is 3.25. The summed E-state index contributed by atoms with van der Waals surface area (Å²) >= 11 is 0. The van der Waals surface area contributed by atoms with E-state index in [2.05, 4.69) is 0 Å². The molecule has 0 aliphatic carbocycles. The summed E-state index contributed by atoms with van der Waals surface area (Å²) < 4.78 is 31.8. The Balaban J connectivity index is 2.15. The standard InChI is InChI=1S/C16H14F2O4/c1-8-3-11(15(20)6-14(8)19)16(21)7-22-10-4-12(17)9(2)13(18)5-10/h3-6,19-20H,7H2,1-2H3. The molecule has 0 radical (unpaired) electrons. The molecule has 6 heteroatoms. The number of benzene rings is 2. The first-order chi connectivity index (χ1) is 10.3. The van der Waals surface area contributed by atoms with Crippen LogP contribution in [-0.4, -0.2) is 22.6 Å². The Morgan fingerprint density at radius 1 is 1.05 bits per heavy atom. The number of hydrogen-bond donors (Lipinski definition) is 2. The number of carbonyl (C=O) groups excluding carboxylic acids is 1. The van der Waals surface area contributed by atoms with Gasteiger partial charge in [0.05, 0.1) is 5.56 Å². The number of ether oxygens (including phenoxy) is 1. The molecule has 2 N–H and O–H groups in total. The van der Waals surface area contributed by atoms with E-state index in [0.29, 0.717) is 5.56 Å². The Bertz CT molecular complexity index is 718. The molecule has 0 aliphatic heterocycles. The number of Topliss-reactive ketones (excluding diaryl/α,β-unsaturated/α-hetero) is 1. The Morgan fingerprint density at radius 3 is 2.23 bits per heavy atom. The lowest BCUT2D eigenvalue weighted by molar-refractivity contribution is 0.0918. The zero-order valence-corrected chi connectivity index (χ0v) is 12.0. The first-order valence-corrected chi connectivity index (χ1v) is 6.44. The van der Waals surface area contributed by atoms with Crippen LogP contribution in [0.5, 0.6) is 17.2 Å². The maximum atomic E-state index is 13.4. The summed E-state index contributed by atoms with van der Waals surface area (Å²) in [6.45, 7) is 2.35. The lowest BCUT2D eigenvalue weighted by atomic mass is 10.1. The number of phenols is 2. The van der Waals surface area contributed by atoms with E-state index in [0.717, 1.165) is 18.2 Å². The number of aryl methyl sites for hydroxylation is 1. The van der Waals surface area contributed by atoms with Gasteiger partial charge in [-0.2, -0.15) is 0 Å². The molecule has 0 fully saturated rings. The third kappa shape index (κ3) is 3.16. The van der Waals surface area contributed by atoms with Crippen molar-refractivity contribution in [1.82, 2.24) is 0 Å². The minimum absolute atomic E-state index is 0.0386. The quantitative estimate of drug-likeness (QED) is 0.851. The van der Waals surface area contributed by atoms with Crippen molar-refractivity contribution < 1.29 is 28.5 Å². The summed E-state index contributed by atoms with van der Waals surface area (Å²) in [5.74, 6) is -2.78. The van der Waals surface area contributed by atoms with Gasteiger partial charge in [-0.15, -0.1) is 0 Å². The van der Waals surface area contributed by atoms with Crippen LogP contribution in [-0.2, 0) is 0 Å². The van der Waals surface area contributed by atoms with Crippen molar-refractivity contribution in [3.63, 3.8) is 0 Å². The molecule has 2 rings (SSSR count). The lowest BCUT2D eigenvalue weighted by Crippen LogP contribution is -2.12.